The summed E-state index contributed by atoms with van der Waals surface area (Å²) in [6, 6.07) is 7.49. The van der Waals surface area contributed by atoms with Crippen LogP contribution < -0.4 is 10.6 Å². The van der Waals surface area contributed by atoms with Crippen LogP contribution in [0.3, 0.4) is 0 Å². The second kappa shape index (κ2) is 9.27. The Balaban J connectivity index is 1.47. The van der Waals surface area contributed by atoms with Crippen LogP contribution in [0.4, 0.5) is 5.82 Å². The Labute approximate surface area is 188 Å². The second-order valence-electron chi connectivity index (χ2n) is 8.42. The summed E-state index contributed by atoms with van der Waals surface area (Å²) in [5.41, 5.74) is 3.09. The molecule has 2 N–H and O–H groups in total. The van der Waals surface area contributed by atoms with Crippen LogP contribution >= 0.6 is 11.6 Å². The Morgan fingerprint density at radius 3 is 2.74 bits per heavy atom. The Morgan fingerprint density at radius 1 is 1.26 bits per heavy atom. The van der Waals surface area contributed by atoms with E-state index in [4.69, 9.17) is 11.6 Å². The van der Waals surface area contributed by atoms with Gasteiger partial charge in [-0.15, -0.1) is 0 Å². The molecule has 31 heavy (non-hydrogen) atoms. The fourth-order valence-corrected chi connectivity index (χ4v) is 4.72. The molecule has 2 amide bonds. The van der Waals surface area contributed by atoms with Gasteiger partial charge in [-0.25, -0.2) is 4.98 Å². The molecule has 0 unspecified atom stereocenters. The van der Waals surface area contributed by atoms with Crippen molar-refractivity contribution < 1.29 is 9.59 Å². The highest BCUT2D eigenvalue weighted by Crippen LogP contribution is 2.31. The Hall–Kier alpha value is -2.60. The largest absolute Gasteiger partial charge is 0.363 e. The van der Waals surface area contributed by atoms with Gasteiger partial charge in [0.25, 0.3) is 11.8 Å². The summed E-state index contributed by atoms with van der Waals surface area (Å²) in [5.74, 6) is 0.654. The molecule has 2 aromatic rings. The number of nitrogens with zero attached hydrogens (tertiary/aromatic N) is 2. The van der Waals surface area contributed by atoms with Crippen molar-refractivity contribution in [3.05, 3.63) is 57.7 Å². The Morgan fingerprint density at radius 2 is 2.03 bits per heavy atom. The van der Waals surface area contributed by atoms with Gasteiger partial charge in [-0.05, 0) is 50.5 Å². The van der Waals surface area contributed by atoms with E-state index in [0.717, 1.165) is 24.0 Å². The third-order valence-corrected chi connectivity index (χ3v) is 6.65. The van der Waals surface area contributed by atoms with Crippen molar-refractivity contribution in [2.24, 2.45) is 0 Å². The van der Waals surface area contributed by atoms with Crippen LogP contribution in [-0.4, -0.2) is 34.3 Å². The van der Waals surface area contributed by atoms with E-state index in [0.29, 0.717) is 35.1 Å². The first-order chi connectivity index (χ1) is 15.0. The molecule has 1 aliphatic heterocycles. The predicted octanol–water partition coefficient (Wildman–Crippen LogP) is 4.95. The van der Waals surface area contributed by atoms with E-state index in [2.05, 4.69) is 15.6 Å². The van der Waals surface area contributed by atoms with Crippen molar-refractivity contribution in [3.8, 4) is 0 Å². The van der Waals surface area contributed by atoms with Gasteiger partial charge in [0.05, 0.1) is 23.2 Å². The first-order valence-corrected chi connectivity index (χ1v) is 11.5. The summed E-state index contributed by atoms with van der Waals surface area (Å²) in [5, 5.41) is 6.98. The lowest BCUT2D eigenvalue weighted by Crippen LogP contribution is -2.36. The quantitative estimate of drug-likeness (QED) is 0.666. The molecule has 4 rings (SSSR count). The minimum absolute atomic E-state index is 0.0481. The number of aromatic nitrogens is 1. The molecule has 1 atom stereocenters. The van der Waals surface area contributed by atoms with Crippen molar-refractivity contribution in [3.63, 3.8) is 0 Å². The molecule has 1 saturated carbocycles. The van der Waals surface area contributed by atoms with E-state index in [9.17, 15) is 9.59 Å². The fourth-order valence-electron chi connectivity index (χ4n) is 4.45. The normalized spacial score (nSPS) is 17.4. The minimum Gasteiger partial charge on any atom is -0.363 e. The summed E-state index contributed by atoms with van der Waals surface area (Å²) in [6.45, 7) is 5.22. The first-order valence-electron chi connectivity index (χ1n) is 11.1. The van der Waals surface area contributed by atoms with E-state index in [-0.39, 0.29) is 23.9 Å². The molecular weight excluding hydrogens is 412 g/mol. The van der Waals surface area contributed by atoms with Gasteiger partial charge in [0.1, 0.15) is 5.82 Å². The summed E-state index contributed by atoms with van der Waals surface area (Å²) in [4.78, 5) is 31.4. The molecular formula is C24H29ClN4O2. The number of carbonyl (C=O) groups is 2. The van der Waals surface area contributed by atoms with Gasteiger partial charge < -0.3 is 15.5 Å². The number of anilines is 1. The van der Waals surface area contributed by atoms with Gasteiger partial charge in [0.2, 0.25) is 0 Å². The van der Waals surface area contributed by atoms with Crippen LogP contribution in [0.1, 0.15) is 83.8 Å². The highest BCUT2D eigenvalue weighted by atomic mass is 35.5. The standard InChI is InChI=1S/C24H29ClN4O2/c1-3-29-14-20-18(24(29)31)11-12-26-22(20)27-15(2)16-9-10-19(21(25)13-16)23(30)28-17-7-5-4-6-8-17/h9-13,15,17H,3-8,14H2,1-2H3,(H,26,27)(H,28,30)/t15-/m0/s1. The molecule has 0 radical (unpaired) electrons. The number of fused-ring (bicyclic) bond motifs is 1. The number of carbonyl (C=O) groups excluding carboxylic acids is 2. The molecule has 1 aromatic heterocycles. The van der Waals surface area contributed by atoms with Gasteiger partial charge in [0, 0.05) is 29.9 Å². The van der Waals surface area contributed by atoms with Gasteiger partial charge in [0.15, 0.2) is 0 Å². The zero-order valence-electron chi connectivity index (χ0n) is 18.1. The molecule has 164 valence electrons. The maximum absolute atomic E-state index is 12.7. The van der Waals surface area contributed by atoms with Crippen molar-refractivity contribution in [2.45, 2.75) is 64.6 Å². The summed E-state index contributed by atoms with van der Waals surface area (Å²) in [6.07, 6.45) is 7.32. The fraction of sp³-hybridized carbons (Fsp3) is 0.458. The number of halogens is 1. The smallest absolute Gasteiger partial charge is 0.254 e. The number of hydrogen-bond donors (Lipinski definition) is 2. The van der Waals surface area contributed by atoms with Gasteiger partial charge >= 0.3 is 0 Å². The number of amides is 2. The van der Waals surface area contributed by atoms with Crippen LogP contribution in [0.5, 0.6) is 0 Å². The molecule has 6 nitrogen and oxygen atoms in total. The number of hydrogen-bond acceptors (Lipinski definition) is 4. The molecule has 7 heteroatoms. The van der Waals surface area contributed by atoms with Crippen molar-refractivity contribution >= 4 is 29.2 Å². The second-order valence-corrected chi connectivity index (χ2v) is 8.83. The summed E-state index contributed by atoms with van der Waals surface area (Å²) >= 11 is 6.48. The first kappa shape index (κ1) is 21.6. The zero-order valence-corrected chi connectivity index (χ0v) is 18.8. The lowest BCUT2D eigenvalue weighted by molar-refractivity contribution is 0.0786. The topological polar surface area (TPSA) is 74.3 Å². The number of rotatable bonds is 6. The lowest BCUT2D eigenvalue weighted by atomic mass is 9.95. The molecule has 1 aliphatic carbocycles. The molecule has 0 spiro atoms. The van der Waals surface area contributed by atoms with Gasteiger partial charge in [-0.1, -0.05) is 36.9 Å². The van der Waals surface area contributed by atoms with Crippen LogP contribution in [-0.2, 0) is 6.54 Å². The summed E-state index contributed by atoms with van der Waals surface area (Å²) < 4.78 is 0. The van der Waals surface area contributed by atoms with Crippen LogP contribution in [0.2, 0.25) is 5.02 Å². The SMILES string of the molecule is CCN1Cc2c(ccnc2N[C@@H](C)c2ccc(C(=O)NC3CCCCC3)c(Cl)c2)C1=O. The zero-order chi connectivity index (χ0) is 22.0. The molecule has 0 saturated heterocycles. The highest BCUT2D eigenvalue weighted by Gasteiger charge is 2.29. The Kier molecular flexibility index (Phi) is 6.46. The summed E-state index contributed by atoms with van der Waals surface area (Å²) in [7, 11) is 0. The Bertz CT molecular complexity index is 988. The van der Waals surface area contributed by atoms with Crippen molar-refractivity contribution in [1.82, 2.24) is 15.2 Å². The van der Waals surface area contributed by atoms with E-state index in [1.54, 1.807) is 23.2 Å². The molecule has 1 aromatic carbocycles. The molecule has 0 bridgehead atoms. The maximum Gasteiger partial charge on any atom is 0.254 e. The predicted molar refractivity (Wildman–Crippen MR) is 122 cm³/mol. The highest BCUT2D eigenvalue weighted by molar-refractivity contribution is 6.33. The third-order valence-electron chi connectivity index (χ3n) is 6.34. The third kappa shape index (κ3) is 4.54. The number of benzene rings is 1. The van der Waals surface area contributed by atoms with Crippen LogP contribution in [0, 0.1) is 0 Å². The van der Waals surface area contributed by atoms with Gasteiger partial charge in [-0.3, -0.25) is 9.59 Å². The average molecular weight is 441 g/mol. The van der Waals surface area contributed by atoms with Crippen molar-refractivity contribution in [2.75, 3.05) is 11.9 Å². The minimum atomic E-state index is -0.107. The van der Waals surface area contributed by atoms with E-state index >= 15 is 0 Å². The molecule has 2 aliphatic rings. The average Bonchev–Trinajstić information content (AvgIpc) is 3.11. The monoisotopic (exact) mass is 440 g/mol. The lowest BCUT2D eigenvalue weighted by Gasteiger charge is -2.23. The molecule has 1 fully saturated rings. The van der Waals surface area contributed by atoms with Crippen molar-refractivity contribution in [1.29, 1.82) is 0 Å². The van der Waals surface area contributed by atoms with E-state index < -0.39 is 0 Å². The van der Waals surface area contributed by atoms with E-state index in [1.165, 1.54) is 19.3 Å². The van der Waals surface area contributed by atoms with Crippen LogP contribution in [0.15, 0.2) is 30.5 Å². The number of nitrogens with one attached hydrogen (secondary N) is 2. The van der Waals surface area contributed by atoms with Gasteiger partial charge in [-0.2, -0.15) is 0 Å². The number of pyridine rings is 1. The van der Waals surface area contributed by atoms with E-state index in [1.807, 2.05) is 26.0 Å². The maximum atomic E-state index is 12.7. The molecule has 2 heterocycles. The van der Waals surface area contributed by atoms with Crippen LogP contribution in [0.25, 0.3) is 0 Å².